The molecule has 0 aliphatic carbocycles. The third-order valence-corrected chi connectivity index (χ3v) is 7.05. The Labute approximate surface area is 195 Å². The molecule has 168 valence electrons. The number of nitrogens with zero attached hydrogens (tertiary/aromatic N) is 3. The number of amides is 2. The van der Waals surface area contributed by atoms with Crippen molar-refractivity contribution in [3.8, 4) is 11.3 Å². The number of anilines is 1. The number of hydrogen-bond donors (Lipinski definition) is 1. The number of thiophene rings is 1. The Kier molecular flexibility index (Phi) is 7.64. The first-order valence-corrected chi connectivity index (χ1v) is 12.3. The Morgan fingerprint density at radius 1 is 1.16 bits per heavy atom. The maximum atomic E-state index is 13.2. The zero-order valence-electron chi connectivity index (χ0n) is 18.0. The first-order chi connectivity index (χ1) is 15.7. The van der Waals surface area contributed by atoms with Crippen LogP contribution in [0.5, 0.6) is 0 Å². The third-order valence-electron chi connectivity index (χ3n) is 5.33. The molecule has 0 saturated carbocycles. The van der Waals surface area contributed by atoms with E-state index < -0.39 is 0 Å². The van der Waals surface area contributed by atoms with Crippen molar-refractivity contribution < 1.29 is 14.3 Å². The Morgan fingerprint density at radius 3 is 2.62 bits per heavy atom. The molecule has 4 rings (SSSR count). The number of nitrogens with one attached hydrogen (secondary N) is 1. The van der Waals surface area contributed by atoms with Crippen LogP contribution < -0.4 is 10.2 Å². The highest BCUT2D eigenvalue weighted by atomic mass is 32.1. The summed E-state index contributed by atoms with van der Waals surface area (Å²) >= 11 is 2.91. The number of carbonyl (C=O) groups is 2. The lowest BCUT2D eigenvalue weighted by Gasteiger charge is -2.27. The summed E-state index contributed by atoms with van der Waals surface area (Å²) in [4.78, 5) is 34.6. The van der Waals surface area contributed by atoms with Crippen molar-refractivity contribution >= 4 is 39.6 Å². The Balaban J connectivity index is 1.49. The van der Waals surface area contributed by atoms with E-state index in [2.05, 4.69) is 10.2 Å². The molecular formula is C23H26N4O3S2. The van der Waals surface area contributed by atoms with Crippen LogP contribution in [0.15, 0.2) is 47.2 Å². The lowest BCUT2D eigenvalue weighted by molar-refractivity contribution is 0.0376. The first-order valence-electron chi connectivity index (χ1n) is 10.6. The van der Waals surface area contributed by atoms with Crippen LogP contribution >= 0.6 is 22.7 Å². The van der Waals surface area contributed by atoms with Crippen LogP contribution in [-0.4, -0.2) is 68.1 Å². The van der Waals surface area contributed by atoms with E-state index >= 15 is 0 Å². The van der Waals surface area contributed by atoms with E-state index in [0.717, 1.165) is 50.5 Å². The van der Waals surface area contributed by atoms with E-state index in [9.17, 15) is 9.59 Å². The topological polar surface area (TPSA) is 74.8 Å². The van der Waals surface area contributed by atoms with Gasteiger partial charge in [-0.15, -0.1) is 22.7 Å². The summed E-state index contributed by atoms with van der Waals surface area (Å²) in [5.41, 5.74) is 2.31. The molecule has 0 atom stereocenters. The van der Waals surface area contributed by atoms with E-state index in [4.69, 9.17) is 9.72 Å². The van der Waals surface area contributed by atoms with Gasteiger partial charge >= 0.3 is 0 Å². The van der Waals surface area contributed by atoms with Crippen molar-refractivity contribution in [2.45, 2.75) is 6.42 Å². The number of ether oxygens (including phenoxy) is 1. The van der Waals surface area contributed by atoms with E-state index in [1.807, 2.05) is 35.0 Å². The summed E-state index contributed by atoms with van der Waals surface area (Å²) in [7, 11) is 1.61. The van der Waals surface area contributed by atoms with Gasteiger partial charge in [-0.3, -0.25) is 19.4 Å². The number of morpholine rings is 1. The van der Waals surface area contributed by atoms with Gasteiger partial charge in [0.25, 0.3) is 11.8 Å². The summed E-state index contributed by atoms with van der Waals surface area (Å²) in [6, 6.07) is 11.1. The second-order valence-electron chi connectivity index (χ2n) is 7.41. The normalized spacial score (nSPS) is 14.3. The minimum absolute atomic E-state index is 0.0159. The second-order valence-corrected chi connectivity index (χ2v) is 9.20. The van der Waals surface area contributed by atoms with Gasteiger partial charge in [0.15, 0.2) is 5.13 Å². The van der Waals surface area contributed by atoms with Crippen LogP contribution in [0, 0.1) is 0 Å². The van der Waals surface area contributed by atoms with E-state index in [-0.39, 0.29) is 11.8 Å². The fourth-order valence-corrected chi connectivity index (χ4v) is 5.08. The fraction of sp³-hybridized carbons (Fsp3) is 0.348. The van der Waals surface area contributed by atoms with E-state index in [0.29, 0.717) is 22.1 Å². The molecule has 0 unspecified atom stereocenters. The number of benzene rings is 1. The molecule has 1 aromatic carbocycles. The molecular weight excluding hydrogens is 444 g/mol. The quantitative estimate of drug-likeness (QED) is 0.545. The maximum Gasteiger partial charge on any atom is 0.270 e. The fourth-order valence-electron chi connectivity index (χ4n) is 3.55. The molecule has 2 amide bonds. The molecule has 1 fully saturated rings. The number of rotatable bonds is 8. The molecule has 0 spiro atoms. The van der Waals surface area contributed by atoms with Crippen LogP contribution in [0.3, 0.4) is 0 Å². The van der Waals surface area contributed by atoms with Gasteiger partial charge in [0.2, 0.25) is 0 Å². The minimum Gasteiger partial charge on any atom is -0.379 e. The highest BCUT2D eigenvalue weighted by Crippen LogP contribution is 2.29. The first kappa shape index (κ1) is 22.6. The zero-order valence-corrected chi connectivity index (χ0v) is 19.6. The van der Waals surface area contributed by atoms with Crippen molar-refractivity contribution in [3.05, 3.63) is 57.6 Å². The summed E-state index contributed by atoms with van der Waals surface area (Å²) in [5, 5.41) is 7.19. The van der Waals surface area contributed by atoms with Gasteiger partial charge in [-0.25, -0.2) is 4.98 Å². The predicted octanol–water partition coefficient (Wildman–Crippen LogP) is 3.60. The maximum absolute atomic E-state index is 13.2. The molecule has 3 heterocycles. The smallest absolute Gasteiger partial charge is 0.270 e. The minimum atomic E-state index is -0.122. The van der Waals surface area contributed by atoms with Crippen molar-refractivity contribution in [2.75, 3.05) is 51.3 Å². The average Bonchev–Trinajstić information content (AvgIpc) is 3.55. The molecule has 2 aromatic heterocycles. The van der Waals surface area contributed by atoms with Gasteiger partial charge in [-0.1, -0.05) is 18.2 Å². The molecule has 7 nitrogen and oxygen atoms in total. The molecule has 0 radical (unpaired) electrons. The molecule has 1 aliphatic heterocycles. The Bertz CT molecular complexity index is 1030. The Hall–Kier alpha value is -2.59. The largest absolute Gasteiger partial charge is 0.379 e. The van der Waals surface area contributed by atoms with Gasteiger partial charge in [-0.05, 0) is 30.0 Å². The van der Waals surface area contributed by atoms with Crippen molar-refractivity contribution in [1.29, 1.82) is 0 Å². The number of hydrogen-bond acceptors (Lipinski definition) is 7. The second kappa shape index (κ2) is 10.8. The summed E-state index contributed by atoms with van der Waals surface area (Å²) < 4.78 is 5.42. The molecule has 1 N–H and O–H groups in total. The summed E-state index contributed by atoms with van der Waals surface area (Å²) in [5.74, 6) is -0.138. The van der Waals surface area contributed by atoms with Crippen LogP contribution in [0.2, 0.25) is 0 Å². The number of thiazole rings is 1. The lowest BCUT2D eigenvalue weighted by atomic mass is 10.1. The van der Waals surface area contributed by atoms with Crippen molar-refractivity contribution in [2.24, 2.45) is 0 Å². The average molecular weight is 471 g/mol. The Morgan fingerprint density at radius 2 is 1.94 bits per heavy atom. The van der Waals surface area contributed by atoms with E-state index in [1.54, 1.807) is 24.1 Å². The van der Waals surface area contributed by atoms with Gasteiger partial charge in [-0.2, -0.15) is 0 Å². The van der Waals surface area contributed by atoms with Gasteiger partial charge in [0.1, 0.15) is 0 Å². The molecule has 1 saturated heterocycles. The van der Waals surface area contributed by atoms with Crippen molar-refractivity contribution in [3.63, 3.8) is 0 Å². The standard InChI is InChI=1S/C23H26N4O3S2/c1-24-21(28)18-7-5-17(6-8-18)19-16-32-23(25-19)27(22(29)20-4-2-15-31-20)10-3-9-26-11-13-30-14-12-26/h2,4-8,15-16H,3,9-14H2,1H3,(H,24,28). The van der Waals surface area contributed by atoms with Crippen LogP contribution in [0.1, 0.15) is 26.5 Å². The van der Waals surface area contributed by atoms with Crippen molar-refractivity contribution in [1.82, 2.24) is 15.2 Å². The molecule has 9 heteroatoms. The zero-order chi connectivity index (χ0) is 22.3. The van der Waals surface area contributed by atoms with Gasteiger partial charge < -0.3 is 10.1 Å². The third kappa shape index (κ3) is 5.42. The monoisotopic (exact) mass is 470 g/mol. The van der Waals surface area contributed by atoms with Gasteiger partial charge in [0, 0.05) is 49.7 Å². The van der Waals surface area contributed by atoms with E-state index in [1.165, 1.54) is 22.7 Å². The lowest BCUT2D eigenvalue weighted by Crippen LogP contribution is -2.39. The number of aromatic nitrogens is 1. The van der Waals surface area contributed by atoms with Crippen LogP contribution in [0.4, 0.5) is 5.13 Å². The molecule has 1 aliphatic rings. The summed E-state index contributed by atoms with van der Waals surface area (Å²) in [6.07, 6.45) is 0.868. The molecule has 32 heavy (non-hydrogen) atoms. The SMILES string of the molecule is CNC(=O)c1ccc(-c2csc(N(CCCN3CCOCC3)C(=O)c3cccs3)n2)cc1. The van der Waals surface area contributed by atoms with Crippen LogP contribution in [0.25, 0.3) is 11.3 Å². The summed E-state index contributed by atoms with van der Waals surface area (Å²) in [6.45, 7) is 4.95. The molecule has 0 bridgehead atoms. The number of carbonyl (C=O) groups excluding carboxylic acids is 2. The predicted molar refractivity (Wildman–Crippen MR) is 129 cm³/mol. The molecule has 3 aromatic rings. The van der Waals surface area contributed by atoms with Gasteiger partial charge in [0.05, 0.1) is 23.8 Å². The highest BCUT2D eigenvalue weighted by Gasteiger charge is 2.22. The highest BCUT2D eigenvalue weighted by molar-refractivity contribution is 7.14. The van der Waals surface area contributed by atoms with Crippen LogP contribution in [-0.2, 0) is 4.74 Å².